The number of carbonyl (C=O) groups excluding carboxylic acids is 2. The zero-order valence-electron chi connectivity index (χ0n) is 11.3. The second kappa shape index (κ2) is 4.96. The number of non-ortho nitro benzene ring substituents is 1. The monoisotopic (exact) mass is 297 g/mol. The summed E-state index contributed by atoms with van der Waals surface area (Å²) < 4.78 is 0. The van der Waals surface area contributed by atoms with E-state index in [2.05, 4.69) is 10.6 Å². The molecule has 1 atom stereocenters. The van der Waals surface area contributed by atoms with Gasteiger partial charge in [0.1, 0.15) is 0 Å². The van der Waals surface area contributed by atoms with E-state index in [1.54, 1.807) is 36.4 Å². The van der Waals surface area contributed by atoms with Gasteiger partial charge >= 0.3 is 6.03 Å². The van der Waals surface area contributed by atoms with Gasteiger partial charge in [-0.3, -0.25) is 20.2 Å². The number of nitro groups is 1. The van der Waals surface area contributed by atoms with Crippen LogP contribution in [0.1, 0.15) is 11.1 Å². The zero-order valence-corrected chi connectivity index (χ0v) is 11.3. The van der Waals surface area contributed by atoms with E-state index in [1.165, 1.54) is 18.2 Å². The smallest absolute Gasteiger partial charge is 0.316 e. The molecular weight excluding hydrogens is 286 g/mol. The van der Waals surface area contributed by atoms with E-state index < -0.39 is 22.4 Å². The maximum atomic E-state index is 12.4. The second-order valence-electron chi connectivity index (χ2n) is 4.83. The molecule has 1 heterocycles. The summed E-state index contributed by atoms with van der Waals surface area (Å²) in [6, 6.07) is 13.6. The van der Waals surface area contributed by atoms with Crippen molar-refractivity contribution in [2.75, 3.05) is 0 Å². The SMILES string of the molecule is O=C1NC(=O)C(c2ccccc2)(c2cccc([N+](=O)[O-])c2)N1. The van der Waals surface area contributed by atoms with Gasteiger partial charge in [-0.25, -0.2) is 4.79 Å². The summed E-state index contributed by atoms with van der Waals surface area (Å²) in [6.45, 7) is 0. The van der Waals surface area contributed by atoms with E-state index >= 15 is 0 Å². The van der Waals surface area contributed by atoms with E-state index in [9.17, 15) is 19.7 Å². The normalized spacial score (nSPS) is 20.4. The predicted octanol–water partition coefficient (Wildman–Crippen LogP) is 1.68. The van der Waals surface area contributed by atoms with Crippen molar-refractivity contribution in [1.82, 2.24) is 10.6 Å². The Morgan fingerprint density at radius 2 is 1.64 bits per heavy atom. The lowest BCUT2D eigenvalue weighted by molar-refractivity contribution is -0.384. The summed E-state index contributed by atoms with van der Waals surface area (Å²) in [7, 11) is 0. The van der Waals surface area contributed by atoms with Crippen LogP contribution in [-0.2, 0) is 10.3 Å². The first-order valence-electron chi connectivity index (χ1n) is 6.48. The van der Waals surface area contributed by atoms with Crippen molar-refractivity contribution in [2.24, 2.45) is 0 Å². The molecule has 1 saturated heterocycles. The number of nitrogens with one attached hydrogen (secondary N) is 2. The second-order valence-corrected chi connectivity index (χ2v) is 4.83. The number of imide groups is 1. The van der Waals surface area contributed by atoms with Gasteiger partial charge in [-0.05, 0) is 11.1 Å². The van der Waals surface area contributed by atoms with Crippen molar-refractivity contribution >= 4 is 17.6 Å². The lowest BCUT2D eigenvalue weighted by Gasteiger charge is -2.26. The average molecular weight is 297 g/mol. The number of hydrogen-bond donors (Lipinski definition) is 2. The van der Waals surface area contributed by atoms with Crippen molar-refractivity contribution in [2.45, 2.75) is 5.54 Å². The Hall–Kier alpha value is -3.22. The highest BCUT2D eigenvalue weighted by atomic mass is 16.6. The average Bonchev–Trinajstić information content (AvgIpc) is 2.84. The van der Waals surface area contributed by atoms with Crippen molar-refractivity contribution < 1.29 is 14.5 Å². The van der Waals surface area contributed by atoms with Crippen LogP contribution in [0, 0.1) is 10.1 Å². The van der Waals surface area contributed by atoms with Crippen LogP contribution in [0.15, 0.2) is 54.6 Å². The summed E-state index contributed by atoms with van der Waals surface area (Å²) in [5, 5.41) is 15.8. The minimum Gasteiger partial charge on any atom is -0.316 e. The third-order valence-electron chi connectivity index (χ3n) is 3.57. The van der Waals surface area contributed by atoms with Gasteiger partial charge in [0, 0.05) is 12.1 Å². The summed E-state index contributed by atoms with van der Waals surface area (Å²) in [5.41, 5.74) is -0.762. The molecule has 1 aliphatic heterocycles. The molecule has 2 N–H and O–H groups in total. The standard InChI is InChI=1S/C15H11N3O4/c19-13-15(17-14(20)16-13,10-5-2-1-3-6-10)11-7-4-8-12(9-11)18(21)22/h1-9H,(H2,16,17,19,20). The minimum absolute atomic E-state index is 0.151. The molecule has 2 aromatic rings. The van der Waals surface area contributed by atoms with Gasteiger partial charge in [0.05, 0.1) is 4.92 Å². The van der Waals surface area contributed by atoms with E-state index in [4.69, 9.17) is 0 Å². The van der Waals surface area contributed by atoms with Gasteiger partial charge in [-0.1, -0.05) is 42.5 Å². The third kappa shape index (κ3) is 1.99. The van der Waals surface area contributed by atoms with E-state index in [-0.39, 0.29) is 5.69 Å². The highest BCUT2D eigenvalue weighted by Gasteiger charge is 2.49. The van der Waals surface area contributed by atoms with Crippen molar-refractivity contribution in [3.05, 3.63) is 75.8 Å². The van der Waals surface area contributed by atoms with Crippen molar-refractivity contribution in [3.63, 3.8) is 0 Å². The number of carbonyl (C=O) groups is 2. The molecule has 22 heavy (non-hydrogen) atoms. The molecular formula is C15H11N3O4. The maximum absolute atomic E-state index is 12.4. The summed E-state index contributed by atoms with van der Waals surface area (Å²) in [4.78, 5) is 34.5. The van der Waals surface area contributed by atoms with Crippen LogP contribution < -0.4 is 10.6 Å². The van der Waals surface area contributed by atoms with Crippen LogP contribution in [0.2, 0.25) is 0 Å². The van der Waals surface area contributed by atoms with Crippen LogP contribution in [0.3, 0.4) is 0 Å². The van der Waals surface area contributed by atoms with Crippen LogP contribution in [0.25, 0.3) is 0 Å². The number of nitrogens with zero attached hydrogens (tertiary/aromatic N) is 1. The lowest BCUT2D eigenvalue weighted by atomic mass is 9.82. The third-order valence-corrected chi connectivity index (χ3v) is 3.57. The van der Waals surface area contributed by atoms with Crippen LogP contribution in [0.4, 0.5) is 10.5 Å². The number of amides is 3. The fourth-order valence-corrected chi connectivity index (χ4v) is 2.57. The van der Waals surface area contributed by atoms with E-state index in [0.717, 1.165) is 0 Å². The molecule has 3 rings (SSSR count). The van der Waals surface area contributed by atoms with Crippen LogP contribution in [-0.4, -0.2) is 16.9 Å². The number of nitro benzene ring substituents is 1. The van der Waals surface area contributed by atoms with E-state index in [0.29, 0.717) is 11.1 Å². The molecule has 2 aromatic carbocycles. The zero-order chi connectivity index (χ0) is 15.7. The van der Waals surface area contributed by atoms with Crippen LogP contribution >= 0.6 is 0 Å². The molecule has 3 amide bonds. The molecule has 1 unspecified atom stereocenters. The molecule has 1 aliphatic rings. The summed E-state index contributed by atoms with van der Waals surface area (Å²) in [5.74, 6) is -0.566. The first-order chi connectivity index (χ1) is 10.5. The molecule has 7 nitrogen and oxygen atoms in total. The van der Waals surface area contributed by atoms with Crippen molar-refractivity contribution in [1.29, 1.82) is 0 Å². The fourth-order valence-electron chi connectivity index (χ4n) is 2.57. The van der Waals surface area contributed by atoms with Gasteiger partial charge < -0.3 is 5.32 Å². The van der Waals surface area contributed by atoms with Crippen LogP contribution in [0.5, 0.6) is 0 Å². The molecule has 0 aliphatic carbocycles. The topological polar surface area (TPSA) is 101 Å². The highest BCUT2D eigenvalue weighted by molar-refractivity contribution is 6.09. The predicted molar refractivity (Wildman–Crippen MR) is 77.0 cm³/mol. The van der Waals surface area contributed by atoms with Crippen molar-refractivity contribution in [3.8, 4) is 0 Å². The highest BCUT2D eigenvalue weighted by Crippen LogP contribution is 2.34. The van der Waals surface area contributed by atoms with Gasteiger partial charge in [0.25, 0.3) is 11.6 Å². The van der Waals surface area contributed by atoms with Gasteiger partial charge in [0.2, 0.25) is 0 Å². The lowest BCUT2D eigenvalue weighted by Crippen LogP contribution is -2.44. The number of rotatable bonds is 3. The quantitative estimate of drug-likeness (QED) is 0.511. The molecule has 0 aromatic heterocycles. The maximum Gasteiger partial charge on any atom is 0.322 e. The fraction of sp³-hybridized carbons (Fsp3) is 0.0667. The minimum atomic E-state index is -1.47. The molecule has 7 heteroatoms. The summed E-state index contributed by atoms with van der Waals surface area (Å²) in [6.07, 6.45) is 0. The number of benzene rings is 2. The Balaban J connectivity index is 2.24. The Kier molecular flexibility index (Phi) is 3.10. The molecule has 0 spiro atoms. The molecule has 0 saturated carbocycles. The van der Waals surface area contributed by atoms with Gasteiger partial charge in [0.15, 0.2) is 5.54 Å². The first-order valence-corrected chi connectivity index (χ1v) is 6.48. The van der Waals surface area contributed by atoms with Gasteiger partial charge in [-0.15, -0.1) is 0 Å². The first kappa shape index (κ1) is 13.7. The summed E-state index contributed by atoms with van der Waals surface area (Å²) >= 11 is 0. The number of urea groups is 1. The molecule has 110 valence electrons. The Bertz CT molecular complexity index is 775. The van der Waals surface area contributed by atoms with E-state index in [1.807, 2.05) is 0 Å². The molecule has 0 radical (unpaired) electrons. The number of hydrogen-bond acceptors (Lipinski definition) is 4. The Morgan fingerprint density at radius 3 is 2.23 bits per heavy atom. The Labute approximate surface area is 125 Å². The molecule has 0 bridgehead atoms. The van der Waals surface area contributed by atoms with Gasteiger partial charge in [-0.2, -0.15) is 0 Å². The Morgan fingerprint density at radius 1 is 0.955 bits per heavy atom. The largest absolute Gasteiger partial charge is 0.322 e. The molecule has 1 fully saturated rings.